The molecule has 0 aromatic carbocycles. The summed E-state index contributed by atoms with van der Waals surface area (Å²) in [4.78, 5) is 10.9. The Morgan fingerprint density at radius 3 is 2.83 bits per heavy atom. The van der Waals surface area contributed by atoms with Crippen molar-refractivity contribution in [2.75, 3.05) is 18.6 Å². The molecule has 0 saturated carbocycles. The summed E-state index contributed by atoms with van der Waals surface area (Å²) in [6.45, 7) is 2.24. The first kappa shape index (κ1) is 11.8. The fourth-order valence-corrected chi connectivity index (χ4v) is 1.34. The van der Waals surface area contributed by atoms with Gasteiger partial charge in [0.25, 0.3) is 0 Å². The van der Waals surface area contributed by atoms with Gasteiger partial charge in [0, 0.05) is 6.04 Å². The van der Waals surface area contributed by atoms with Crippen LogP contribution in [0.15, 0.2) is 0 Å². The van der Waals surface area contributed by atoms with E-state index >= 15 is 0 Å². The lowest BCUT2D eigenvalue weighted by Gasteiger charge is -2.08. The second-order valence-corrected chi connectivity index (χ2v) is 3.54. The van der Waals surface area contributed by atoms with Crippen molar-refractivity contribution in [1.29, 1.82) is 0 Å². The molecule has 0 heterocycles. The second kappa shape index (κ2) is 7.43. The van der Waals surface area contributed by atoms with Gasteiger partial charge in [0.05, 0.1) is 13.0 Å². The summed E-state index contributed by atoms with van der Waals surface area (Å²) in [7, 11) is 0. The van der Waals surface area contributed by atoms with E-state index in [1.807, 2.05) is 6.26 Å². The van der Waals surface area contributed by atoms with Gasteiger partial charge in [-0.15, -0.1) is 0 Å². The van der Waals surface area contributed by atoms with Gasteiger partial charge >= 0.3 is 5.97 Å². The zero-order valence-corrected chi connectivity index (χ0v) is 8.52. The van der Waals surface area contributed by atoms with E-state index in [4.69, 9.17) is 10.5 Å². The van der Waals surface area contributed by atoms with Crippen LogP contribution in [0.1, 0.15) is 19.8 Å². The van der Waals surface area contributed by atoms with Gasteiger partial charge in [-0.05, 0) is 25.4 Å². The molecule has 0 amide bonds. The number of thioether (sulfide) groups is 1. The molecule has 2 N–H and O–H groups in total. The fraction of sp³-hybridized carbons (Fsp3) is 0.875. The highest BCUT2D eigenvalue weighted by Crippen LogP contribution is 2.02. The molecule has 4 heteroatoms. The minimum Gasteiger partial charge on any atom is -0.466 e. The van der Waals surface area contributed by atoms with Crippen molar-refractivity contribution in [3.8, 4) is 0 Å². The number of ether oxygens (including phenoxy) is 1. The van der Waals surface area contributed by atoms with E-state index in [0.29, 0.717) is 13.0 Å². The zero-order chi connectivity index (χ0) is 9.40. The Bertz CT molecular complexity index is 130. The molecule has 0 bridgehead atoms. The van der Waals surface area contributed by atoms with Crippen molar-refractivity contribution in [2.45, 2.75) is 25.8 Å². The van der Waals surface area contributed by atoms with Crippen molar-refractivity contribution in [1.82, 2.24) is 0 Å². The normalized spacial score (nSPS) is 12.6. The number of esters is 1. The lowest BCUT2D eigenvalue weighted by atomic mass is 10.2. The fourth-order valence-electron chi connectivity index (χ4n) is 0.805. The number of carbonyl (C=O) groups excluding carboxylic acids is 1. The lowest BCUT2D eigenvalue weighted by molar-refractivity contribution is -0.143. The van der Waals surface area contributed by atoms with E-state index in [1.54, 1.807) is 18.7 Å². The number of hydrogen-bond acceptors (Lipinski definition) is 4. The Labute approximate surface area is 78.0 Å². The average molecular weight is 191 g/mol. The third kappa shape index (κ3) is 6.49. The van der Waals surface area contributed by atoms with Crippen molar-refractivity contribution >= 4 is 17.7 Å². The molecule has 72 valence electrons. The molecule has 0 fully saturated rings. The maximum atomic E-state index is 10.9. The molecular weight excluding hydrogens is 174 g/mol. The Morgan fingerprint density at radius 1 is 1.67 bits per heavy atom. The van der Waals surface area contributed by atoms with Gasteiger partial charge in [-0.3, -0.25) is 4.79 Å². The SMILES string of the molecule is CCOC(=O)C[C@H](N)CCSC. The maximum absolute atomic E-state index is 10.9. The van der Waals surface area contributed by atoms with Crippen LogP contribution >= 0.6 is 11.8 Å². The van der Waals surface area contributed by atoms with Crippen LogP contribution in [0.3, 0.4) is 0 Å². The number of rotatable bonds is 6. The third-order valence-electron chi connectivity index (χ3n) is 1.43. The van der Waals surface area contributed by atoms with Crippen LogP contribution in [-0.2, 0) is 9.53 Å². The molecule has 3 nitrogen and oxygen atoms in total. The second-order valence-electron chi connectivity index (χ2n) is 2.55. The summed E-state index contributed by atoms with van der Waals surface area (Å²) in [5.74, 6) is 0.812. The molecule has 0 spiro atoms. The molecule has 0 aromatic rings. The molecule has 0 aliphatic carbocycles. The summed E-state index contributed by atoms with van der Waals surface area (Å²) in [6, 6.07) is -0.0449. The third-order valence-corrected chi connectivity index (χ3v) is 2.07. The first-order valence-corrected chi connectivity index (χ1v) is 5.50. The van der Waals surface area contributed by atoms with Crippen LogP contribution in [0.2, 0.25) is 0 Å². The van der Waals surface area contributed by atoms with E-state index in [2.05, 4.69) is 0 Å². The van der Waals surface area contributed by atoms with Gasteiger partial charge in [-0.1, -0.05) is 0 Å². The van der Waals surface area contributed by atoms with Crippen molar-refractivity contribution in [3.05, 3.63) is 0 Å². The highest BCUT2D eigenvalue weighted by molar-refractivity contribution is 7.98. The predicted molar refractivity (Wildman–Crippen MR) is 52.2 cm³/mol. The molecule has 0 radical (unpaired) electrons. The quantitative estimate of drug-likeness (QED) is 0.637. The minimum absolute atomic E-state index is 0.0449. The summed E-state index contributed by atoms with van der Waals surface area (Å²) in [5.41, 5.74) is 5.68. The highest BCUT2D eigenvalue weighted by atomic mass is 32.2. The van der Waals surface area contributed by atoms with Crippen LogP contribution < -0.4 is 5.73 Å². The minimum atomic E-state index is -0.189. The van der Waals surface area contributed by atoms with E-state index in [1.165, 1.54) is 0 Å². The lowest BCUT2D eigenvalue weighted by Crippen LogP contribution is -2.25. The molecule has 12 heavy (non-hydrogen) atoms. The Morgan fingerprint density at radius 2 is 2.33 bits per heavy atom. The van der Waals surface area contributed by atoms with E-state index in [0.717, 1.165) is 12.2 Å². The first-order chi connectivity index (χ1) is 5.70. The highest BCUT2D eigenvalue weighted by Gasteiger charge is 2.08. The monoisotopic (exact) mass is 191 g/mol. The van der Waals surface area contributed by atoms with Crippen LogP contribution in [0.4, 0.5) is 0 Å². The molecule has 0 rings (SSSR count). The average Bonchev–Trinajstić information content (AvgIpc) is 2.01. The van der Waals surface area contributed by atoms with Crippen LogP contribution in [0, 0.1) is 0 Å². The van der Waals surface area contributed by atoms with E-state index in [9.17, 15) is 4.79 Å². The Balaban J connectivity index is 3.40. The van der Waals surface area contributed by atoms with Gasteiger partial charge < -0.3 is 10.5 Å². The topological polar surface area (TPSA) is 52.3 Å². The molecular formula is C8H17NO2S. The van der Waals surface area contributed by atoms with Gasteiger partial charge in [-0.25, -0.2) is 0 Å². The first-order valence-electron chi connectivity index (χ1n) is 4.10. The molecule has 0 aromatic heterocycles. The predicted octanol–water partition coefficient (Wildman–Crippen LogP) is 1.02. The van der Waals surface area contributed by atoms with E-state index in [-0.39, 0.29) is 12.0 Å². The summed E-state index contributed by atoms with van der Waals surface area (Å²) >= 11 is 1.74. The van der Waals surface area contributed by atoms with Crippen LogP contribution in [-0.4, -0.2) is 30.6 Å². The molecule has 1 atom stereocenters. The molecule has 0 aliphatic rings. The van der Waals surface area contributed by atoms with Gasteiger partial charge in [0.1, 0.15) is 0 Å². The maximum Gasteiger partial charge on any atom is 0.307 e. The molecule has 0 saturated heterocycles. The van der Waals surface area contributed by atoms with Gasteiger partial charge in [-0.2, -0.15) is 11.8 Å². The Hall–Kier alpha value is -0.220. The standard InChI is InChI=1S/C8H17NO2S/c1-3-11-8(10)6-7(9)4-5-12-2/h7H,3-6,9H2,1-2H3/t7-/m1/s1. The Kier molecular flexibility index (Phi) is 7.29. The molecule has 0 aliphatic heterocycles. The molecule has 0 unspecified atom stereocenters. The largest absolute Gasteiger partial charge is 0.466 e. The number of hydrogen-bond donors (Lipinski definition) is 1. The smallest absolute Gasteiger partial charge is 0.307 e. The number of carbonyl (C=O) groups is 1. The van der Waals surface area contributed by atoms with Crippen LogP contribution in [0.5, 0.6) is 0 Å². The summed E-state index contributed by atoms with van der Waals surface area (Å²) in [5, 5.41) is 0. The zero-order valence-electron chi connectivity index (χ0n) is 7.71. The van der Waals surface area contributed by atoms with Gasteiger partial charge in [0.2, 0.25) is 0 Å². The number of nitrogens with two attached hydrogens (primary N) is 1. The summed E-state index contributed by atoms with van der Waals surface area (Å²) in [6.07, 6.45) is 3.24. The van der Waals surface area contributed by atoms with Crippen molar-refractivity contribution < 1.29 is 9.53 Å². The summed E-state index contributed by atoms with van der Waals surface area (Å²) < 4.78 is 4.77. The van der Waals surface area contributed by atoms with E-state index < -0.39 is 0 Å². The van der Waals surface area contributed by atoms with Gasteiger partial charge in [0.15, 0.2) is 0 Å². The van der Waals surface area contributed by atoms with Crippen molar-refractivity contribution in [3.63, 3.8) is 0 Å². The van der Waals surface area contributed by atoms with Crippen LogP contribution in [0.25, 0.3) is 0 Å². The van der Waals surface area contributed by atoms with Crippen molar-refractivity contribution in [2.24, 2.45) is 5.73 Å².